The van der Waals surface area contributed by atoms with Gasteiger partial charge in [-0.15, -0.1) is 11.3 Å². The van der Waals surface area contributed by atoms with E-state index in [-0.39, 0.29) is 10.6 Å². The molecule has 6 nitrogen and oxygen atoms in total. The van der Waals surface area contributed by atoms with Gasteiger partial charge in [0.15, 0.2) is 0 Å². The van der Waals surface area contributed by atoms with Gasteiger partial charge in [0.25, 0.3) is 5.69 Å². The maximum Gasteiger partial charge on any atom is 0.273 e. The van der Waals surface area contributed by atoms with Crippen LogP contribution in [0.25, 0.3) is 11.3 Å². The fourth-order valence-electron chi connectivity index (χ4n) is 3.73. The molecule has 146 valence electrons. The van der Waals surface area contributed by atoms with Gasteiger partial charge in [0.1, 0.15) is 22.6 Å². The second-order valence-electron chi connectivity index (χ2n) is 7.18. The molecule has 1 aliphatic carbocycles. The zero-order chi connectivity index (χ0) is 20.5. The highest BCUT2D eigenvalue weighted by Crippen LogP contribution is 2.39. The molecule has 0 unspecified atom stereocenters. The summed E-state index contributed by atoms with van der Waals surface area (Å²) in [5.74, 6) is 1.10. The number of nitro groups is 1. The third-order valence-corrected chi connectivity index (χ3v) is 6.39. The summed E-state index contributed by atoms with van der Waals surface area (Å²) >= 11 is 1.58. The molecule has 0 aliphatic heterocycles. The summed E-state index contributed by atoms with van der Waals surface area (Å²) in [6, 6.07) is 9.32. The number of rotatable bonds is 4. The van der Waals surface area contributed by atoms with Gasteiger partial charge in [-0.05, 0) is 68.9 Å². The van der Waals surface area contributed by atoms with Gasteiger partial charge in [-0.3, -0.25) is 10.1 Å². The van der Waals surface area contributed by atoms with Crippen molar-refractivity contribution in [1.82, 2.24) is 0 Å². The number of hydrogen-bond donors (Lipinski definition) is 0. The molecular formula is C22H19N3O3S. The minimum Gasteiger partial charge on any atom is -0.455 e. The molecule has 0 fully saturated rings. The van der Waals surface area contributed by atoms with Crippen LogP contribution in [0.5, 0.6) is 0 Å². The molecule has 4 rings (SSSR count). The van der Waals surface area contributed by atoms with Crippen molar-refractivity contribution >= 4 is 28.2 Å². The Morgan fingerprint density at radius 2 is 2.07 bits per heavy atom. The lowest BCUT2D eigenvalue weighted by Gasteiger charge is -2.09. The Kier molecular flexibility index (Phi) is 5.03. The number of aliphatic imine (C=N–C) groups is 1. The van der Waals surface area contributed by atoms with E-state index in [0.29, 0.717) is 28.2 Å². The molecule has 2 heterocycles. The average Bonchev–Trinajstić information content (AvgIpc) is 3.31. The van der Waals surface area contributed by atoms with Crippen LogP contribution in [0.3, 0.4) is 0 Å². The van der Waals surface area contributed by atoms with Gasteiger partial charge in [0.05, 0.1) is 16.7 Å². The van der Waals surface area contributed by atoms with Crippen LogP contribution in [0.1, 0.15) is 45.7 Å². The molecule has 0 atom stereocenters. The van der Waals surface area contributed by atoms with E-state index in [9.17, 15) is 15.4 Å². The van der Waals surface area contributed by atoms with E-state index in [1.807, 2.05) is 13.0 Å². The van der Waals surface area contributed by atoms with Gasteiger partial charge in [0, 0.05) is 22.1 Å². The quantitative estimate of drug-likeness (QED) is 0.301. The van der Waals surface area contributed by atoms with Gasteiger partial charge in [-0.25, -0.2) is 4.99 Å². The SMILES string of the molecule is Cc1cc(-c2ccc(C=Nc3sc4c(c3C#N)CCCC4)o2)c(C)c([N+](=O)[O-])c1. The Balaban J connectivity index is 1.66. The number of nitrogens with zero attached hydrogens (tertiary/aromatic N) is 3. The smallest absolute Gasteiger partial charge is 0.273 e. The van der Waals surface area contributed by atoms with E-state index >= 15 is 0 Å². The summed E-state index contributed by atoms with van der Waals surface area (Å²) in [4.78, 5) is 16.7. The number of nitriles is 1. The average molecular weight is 405 g/mol. The molecule has 0 N–H and O–H groups in total. The first-order valence-electron chi connectivity index (χ1n) is 9.42. The fourth-order valence-corrected chi connectivity index (χ4v) is 4.92. The molecule has 0 saturated carbocycles. The van der Waals surface area contributed by atoms with E-state index in [1.165, 1.54) is 4.88 Å². The Labute approximate surface area is 172 Å². The number of furan rings is 1. The highest BCUT2D eigenvalue weighted by atomic mass is 32.1. The highest BCUT2D eigenvalue weighted by Gasteiger charge is 2.21. The monoisotopic (exact) mass is 405 g/mol. The molecule has 3 aromatic rings. The zero-order valence-corrected chi connectivity index (χ0v) is 17.0. The Hall–Kier alpha value is -3.24. The van der Waals surface area contributed by atoms with Crippen molar-refractivity contribution < 1.29 is 9.34 Å². The second kappa shape index (κ2) is 7.64. The van der Waals surface area contributed by atoms with Crippen LogP contribution in [0.15, 0.2) is 33.7 Å². The summed E-state index contributed by atoms with van der Waals surface area (Å²) in [5.41, 5.74) is 3.97. The lowest BCUT2D eigenvalue weighted by molar-refractivity contribution is -0.385. The number of benzene rings is 1. The van der Waals surface area contributed by atoms with E-state index in [0.717, 1.165) is 41.8 Å². The Morgan fingerprint density at radius 1 is 1.28 bits per heavy atom. The van der Waals surface area contributed by atoms with E-state index in [1.54, 1.807) is 42.7 Å². The predicted molar refractivity (Wildman–Crippen MR) is 113 cm³/mol. The van der Waals surface area contributed by atoms with Gasteiger partial charge < -0.3 is 4.42 Å². The van der Waals surface area contributed by atoms with Gasteiger partial charge in [-0.2, -0.15) is 5.26 Å². The molecule has 1 aromatic carbocycles. The number of fused-ring (bicyclic) bond motifs is 1. The minimum absolute atomic E-state index is 0.0782. The Bertz CT molecular complexity index is 1180. The number of thiophene rings is 1. The van der Waals surface area contributed by atoms with Crippen LogP contribution >= 0.6 is 11.3 Å². The van der Waals surface area contributed by atoms with Crippen molar-refractivity contribution in [3.8, 4) is 17.4 Å². The Morgan fingerprint density at radius 3 is 2.83 bits per heavy atom. The lowest BCUT2D eigenvalue weighted by Crippen LogP contribution is -1.99. The molecule has 29 heavy (non-hydrogen) atoms. The number of nitro benzene ring substituents is 1. The van der Waals surface area contributed by atoms with Crippen molar-refractivity contribution in [3.63, 3.8) is 0 Å². The standard InChI is InChI=1S/C22H19N3O3S/c1-13-9-17(14(2)19(10-13)25(26)27)20-8-7-15(28-20)12-24-22-18(11-23)16-5-3-4-6-21(16)29-22/h7-10,12H,3-6H2,1-2H3. The van der Waals surface area contributed by atoms with Crippen molar-refractivity contribution in [2.45, 2.75) is 39.5 Å². The van der Waals surface area contributed by atoms with Crippen molar-refractivity contribution in [3.05, 3.63) is 67.3 Å². The van der Waals surface area contributed by atoms with E-state index < -0.39 is 0 Å². The molecule has 0 amide bonds. The third kappa shape index (κ3) is 3.59. The molecule has 0 bridgehead atoms. The summed E-state index contributed by atoms with van der Waals surface area (Å²) in [6.45, 7) is 3.54. The molecule has 1 aliphatic rings. The van der Waals surface area contributed by atoms with Crippen LogP contribution in [-0.4, -0.2) is 11.1 Å². The lowest BCUT2D eigenvalue weighted by atomic mass is 9.96. The van der Waals surface area contributed by atoms with E-state index in [4.69, 9.17) is 4.42 Å². The normalized spacial score (nSPS) is 13.4. The molecule has 2 aromatic heterocycles. The molecular weight excluding hydrogens is 386 g/mol. The van der Waals surface area contributed by atoms with Gasteiger partial charge in [0.2, 0.25) is 0 Å². The van der Waals surface area contributed by atoms with Crippen LogP contribution < -0.4 is 0 Å². The largest absolute Gasteiger partial charge is 0.455 e. The topological polar surface area (TPSA) is 92.4 Å². The van der Waals surface area contributed by atoms with Crippen LogP contribution in [0, 0.1) is 35.3 Å². The first kappa shape index (κ1) is 19.1. The molecule has 7 heteroatoms. The fraction of sp³-hybridized carbons (Fsp3) is 0.273. The van der Waals surface area contributed by atoms with Gasteiger partial charge in [-0.1, -0.05) is 0 Å². The van der Waals surface area contributed by atoms with Crippen LogP contribution in [0.2, 0.25) is 0 Å². The van der Waals surface area contributed by atoms with E-state index in [2.05, 4.69) is 11.1 Å². The summed E-state index contributed by atoms with van der Waals surface area (Å²) in [7, 11) is 0. The molecule has 0 saturated heterocycles. The maximum atomic E-state index is 11.3. The molecule has 0 radical (unpaired) electrons. The zero-order valence-electron chi connectivity index (χ0n) is 16.2. The first-order chi connectivity index (χ1) is 14.0. The van der Waals surface area contributed by atoms with Crippen LogP contribution in [0.4, 0.5) is 10.7 Å². The summed E-state index contributed by atoms with van der Waals surface area (Å²) in [5, 5.41) is 21.6. The molecule has 0 spiro atoms. The highest BCUT2D eigenvalue weighted by molar-refractivity contribution is 7.16. The summed E-state index contributed by atoms with van der Waals surface area (Å²) in [6.07, 6.45) is 5.85. The van der Waals surface area contributed by atoms with Gasteiger partial charge >= 0.3 is 0 Å². The second-order valence-corrected chi connectivity index (χ2v) is 8.26. The van der Waals surface area contributed by atoms with Crippen molar-refractivity contribution in [2.75, 3.05) is 0 Å². The number of hydrogen-bond acceptors (Lipinski definition) is 6. The van der Waals surface area contributed by atoms with Crippen molar-refractivity contribution in [1.29, 1.82) is 5.26 Å². The first-order valence-corrected chi connectivity index (χ1v) is 10.2. The van der Waals surface area contributed by atoms with Crippen LogP contribution in [-0.2, 0) is 12.8 Å². The maximum absolute atomic E-state index is 11.3. The summed E-state index contributed by atoms with van der Waals surface area (Å²) < 4.78 is 5.89. The third-order valence-electron chi connectivity index (χ3n) is 5.19. The minimum atomic E-state index is -0.376. The van der Waals surface area contributed by atoms with Crippen molar-refractivity contribution in [2.24, 2.45) is 4.99 Å². The number of aryl methyl sites for hydroxylation is 2. The predicted octanol–water partition coefficient (Wildman–Crippen LogP) is 6.03.